The van der Waals surface area contributed by atoms with E-state index >= 15 is 0 Å². The number of piperazine rings is 1. The molecular weight excluding hydrogens is 360 g/mol. The second-order valence-electron chi connectivity index (χ2n) is 8.04. The number of carbonyl (C=O) groups excluding carboxylic acids is 1. The average Bonchev–Trinajstić information content (AvgIpc) is 3.20. The fourth-order valence-electron chi connectivity index (χ4n) is 3.96. The number of nitrogens with one attached hydrogen (secondary N) is 1. The minimum Gasteiger partial charge on any atom is -0.368 e. The van der Waals surface area contributed by atoms with Gasteiger partial charge >= 0.3 is 0 Å². The van der Waals surface area contributed by atoms with Crippen LogP contribution in [0.4, 0.5) is 5.69 Å². The van der Waals surface area contributed by atoms with Gasteiger partial charge in [-0.15, -0.1) is 0 Å². The number of anilines is 1. The summed E-state index contributed by atoms with van der Waals surface area (Å²) in [4.78, 5) is 17.2. The minimum absolute atomic E-state index is 0.0212. The molecular formula is C24H28N4O. The molecule has 3 aromatic rings. The van der Waals surface area contributed by atoms with E-state index in [1.165, 1.54) is 27.9 Å². The summed E-state index contributed by atoms with van der Waals surface area (Å²) in [5.74, 6) is 0.0212. The lowest BCUT2D eigenvalue weighted by atomic mass is 10.0. The summed E-state index contributed by atoms with van der Waals surface area (Å²) in [6, 6.07) is 14.7. The molecule has 1 saturated heterocycles. The van der Waals surface area contributed by atoms with Crippen molar-refractivity contribution in [1.29, 1.82) is 0 Å². The van der Waals surface area contributed by atoms with E-state index in [0.29, 0.717) is 18.8 Å². The molecule has 0 unspecified atom stereocenters. The fourth-order valence-corrected chi connectivity index (χ4v) is 3.96. The lowest BCUT2D eigenvalue weighted by Crippen LogP contribution is -2.49. The van der Waals surface area contributed by atoms with E-state index < -0.39 is 0 Å². The van der Waals surface area contributed by atoms with E-state index in [2.05, 4.69) is 79.2 Å². The Balaban J connectivity index is 1.43. The van der Waals surface area contributed by atoms with Gasteiger partial charge in [0, 0.05) is 37.4 Å². The Morgan fingerprint density at radius 1 is 0.862 bits per heavy atom. The van der Waals surface area contributed by atoms with Crippen molar-refractivity contribution in [2.75, 3.05) is 31.1 Å². The molecule has 5 nitrogen and oxygen atoms in total. The highest BCUT2D eigenvalue weighted by Gasteiger charge is 2.24. The van der Waals surface area contributed by atoms with Crippen LogP contribution in [-0.2, 0) is 0 Å². The highest BCUT2D eigenvalue weighted by atomic mass is 16.2. The molecule has 1 fully saturated rings. The Labute approximate surface area is 172 Å². The zero-order valence-corrected chi connectivity index (χ0v) is 17.6. The van der Waals surface area contributed by atoms with Gasteiger partial charge in [-0.3, -0.25) is 9.89 Å². The van der Waals surface area contributed by atoms with E-state index in [4.69, 9.17) is 0 Å². The fraction of sp³-hybridized carbons (Fsp3) is 0.333. The molecule has 1 aromatic heterocycles. The number of benzene rings is 2. The molecule has 1 aliphatic heterocycles. The van der Waals surface area contributed by atoms with Crippen LogP contribution in [0.3, 0.4) is 0 Å². The highest BCUT2D eigenvalue weighted by Crippen LogP contribution is 2.24. The third kappa shape index (κ3) is 3.90. The standard InChI is InChI=1S/C24H28N4O/c1-16-5-8-23(19(4)13-16)27-9-11-28(12-10-27)24(29)22-15-21(25-26-22)20-7-6-17(2)18(3)14-20/h5-8,13-15H,9-12H2,1-4H3,(H,25,26). The molecule has 4 rings (SSSR count). The third-order valence-corrected chi connectivity index (χ3v) is 5.87. The Morgan fingerprint density at radius 2 is 1.62 bits per heavy atom. The van der Waals surface area contributed by atoms with E-state index in [1.54, 1.807) is 0 Å². The summed E-state index contributed by atoms with van der Waals surface area (Å²) in [5, 5.41) is 7.31. The van der Waals surface area contributed by atoms with Crippen molar-refractivity contribution in [3.63, 3.8) is 0 Å². The van der Waals surface area contributed by atoms with Crippen molar-refractivity contribution in [3.8, 4) is 11.3 Å². The maximum Gasteiger partial charge on any atom is 0.272 e. The second kappa shape index (κ2) is 7.74. The lowest BCUT2D eigenvalue weighted by Gasteiger charge is -2.36. The lowest BCUT2D eigenvalue weighted by molar-refractivity contribution is 0.0741. The van der Waals surface area contributed by atoms with Crippen molar-refractivity contribution in [2.24, 2.45) is 0 Å². The monoisotopic (exact) mass is 388 g/mol. The summed E-state index contributed by atoms with van der Waals surface area (Å²) >= 11 is 0. The third-order valence-electron chi connectivity index (χ3n) is 5.87. The van der Waals surface area contributed by atoms with Crippen LogP contribution in [0.1, 0.15) is 32.7 Å². The first-order valence-electron chi connectivity index (χ1n) is 10.2. The number of aromatic amines is 1. The van der Waals surface area contributed by atoms with Gasteiger partial charge in [-0.25, -0.2) is 0 Å². The maximum atomic E-state index is 13.0. The van der Waals surface area contributed by atoms with Crippen LogP contribution in [0.5, 0.6) is 0 Å². The number of carbonyl (C=O) groups is 1. The smallest absolute Gasteiger partial charge is 0.272 e. The van der Waals surface area contributed by atoms with Crippen molar-refractivity contribution < 1.29 is 4.79 Å². The van der Waals surface area contributed by atoms with Gasteiger partial charge in [0.2, 0.25) is 0 Å². The average molecular weight is 389 g/mol. The Kier molecular flexibility index (Phi) is 5.14. The number of hydrogen-bond donors (Lipinski definition) is 1. The van der Waals surface area contributed by atoms with Gasteiger partial charge in [0.05, 0.1) is 5.69 Å². The van der Waals surface area contributed by atoms with E-state index in [1.807, 2.05) is 11.0 Å². The minimum atomic E-state index is 0.0212. The van der Waals surface area contributed by atoms with E-state index in [0.717, 1.165) is 24.3 Å². The summed E-state index contributed by atoms with van der Waals surface area (Å²) < 4.78 is 0. The largest absolute Gasteiger partial charge is 0.368 e. The summed E-state index contributed by atoms with van der Waals surface area (Å²) in [7, 11) is 0. The van der Waals surface area contributed by atoms with E-state index in [-0.39, 0.29) is 5.91 Å². The first-order valence-corrected chi connectivity index (χ1v) is 10.2. The van der Waals surface area contributed by atoms with Crippen LogP contribution in [0.25, 0.3) is 11.3 Å². The molecule has 1 aliphatic rings. The normalized spacial score (nSPS) is 14.3. The summed E-state index contributed by atoms with van der Waals surface area (Å²) in [6.45, 7) is 11.6. The predicted octanol–water partition coefficient (Wildman–Crippen LogP) is 4.27. The summed E-state index contributed by atoms with van der Waals surface area (Å²) in [6.07, 6.45) is 0. The van der Waals surface area contributed by atoms with Gasteiger partial charge in [-0.1, -0.05) is 29.8 Å². The number of hydrogen-bond acceptors (Lipinski definition) is 3. The van der Waals surface area contributed by atoms with Crippen molar-refractivity contribution in [2.45, 2.75) is 27.7 Å². The topological polar surface area (TPSA) is 52.2 Å². The Hall–Kier alpha value is -3.08. The van der Waals surface area contributed by atoms with Gasteiger partial charge < -0.3 is 9.80 Å². The van der Waals surface area contributed by atoms with Gasteiger partial charge in [0.1, 0.15) is 5.69 Å². The number of aromatic nitrogens is 2. The van der Waals surface area contributed by atoms with Crippen molar-refractivity contribution >= 4 is 11.6 Å². The predicted molar refractivity (Wildman–Crippen MR) is 118 cm³/mol. The molecule has 0 spiro atoms. The van der Waals surface area contributed by atoms with E-state index in [9.17, 15) is 4.79 Å². The molecule has 0 bridgehead atoms. The van der Waals surface area contributed by atoms with Gasteiger partial charge in [-0.05, 0) is 62.6 Å². The van der Waals surface area contributed by atoms with Crippen LogP contribution in [-0.4, -0.2) is 47.2 Å². The number of aryl methyl sites for hydroxylation is 4. The molecule has 0 saturated carbocycles. The van der Waals surface area contributed by atoms with Crippen LogP contribution in [0.15, 0.2) is 42.5 Å². The Bertz CT molecular complexity index is 1040. The number of amides is 1. The van der Waals surface area contributed by atoms with Gasteiger partial charge in [-0.2, -0.15) is 5.10 Å². The van der Waals surface area contributed by atoms with Gasteiger partial charge in [0.25, 0.3) is 5.91 Å². The quantitative estimate of drug-likeness (QED) is 0.729. The highest BCUT2D eigenvalue weighted by molar-refractivity contribution is 5.93. The second-order valence-corrected chi connectivity index (χ2v) is 8.04. The molecule has 1 amide bonds. The SMILES string of the molecule is Cc1ccc(N2CCN(C(=O)c3cc(-c4ccc(C)c(C)c4)n[nH]3)CC2)c(C)c1. The zero-order chi connectivity index (χ0) is 20.5. The maximum absolute atomic E-state index is 13.0. The zero-order valence-electron chi connectivity index (χ0n) is 17.6. The first-order chi connectivity index (χ1) is 13.9. The molecule has 150 valence electrons. The van der Waals surface area contributed by atoms with Crippen LogP contribution in [0.2, 0.25) is 0 Å². The number of H-pyrrole nitrogens is 1. The Morgan fingerprint density at radius 3 is 2.31 bits per heavy atom. The van der Waals surface area contributed by atoms with Crippen LogP contribution in [0, 0.1) is 27.7 Å². The van der Waals surface area contributed by atoms with Crippen molar-refractivity contribution in [1.82, 2.24) is 15.1 Å². The first kappa shape index (κ1) is 19.2. The van der Waals surface area contributed by atoms with Gasteiger partial charge in [0.15, 0.2) is 0 Å². The van der Waals surface area contributed by atoms with Crippen LogP contribution < -0.4 is 4.90 Å². The number of nitrogens with zero attached hydrogens (tertiary/aromatic N) is 3. The van der Waals surface area contributed by atoms with Crippen LogP contribution >= 0.6 is 0 Å². The molecule has 1 N–H and O–H groups in total. The summed E-state index contributed by atoms with van der Waals surface area (Å²) in [5.41, 5.74) is 8.70. The molecule has 29 heavy (non-hydrogen) atoms. The molecule has 0 atom stereocenters. The molecule has 0 aliphatic carbocycles. The number of rotatable bonds is 3. The molecule has 2 aromatic carbocycles. The van der Waals surface area contributed by atoms with Crippen molar-refractivity contribution in [3.05, 3.63) is 70.4 Å². The molecule has 2 heterocycles. The molecule has 0 radical (unpaired) electrons. The molecule has 5 heteroatoms.